The van der Waals surface area contributed by atoms with Crippen molar-refractivity contribution >= 4 is 16.1 Å². The van der Waals surface area contributed by atoms with Gasteiger partial charge in [0.05, 0.1) is 4.90 Å². The van der Waals surface area contributed by atoms with E-state index in [-0.39, 0.29) is 4.90 Å². The zero-order chi connectivity index (χ0) is 14.8. The van der Waals surface area contributed by atoms with Crippen LogP contribution in [0, 0.1) is 17.0 Å². The Bertz CT molecular complexity index is 722. The van der Waals surface area contributed by atoms with Gasteiger partial charge in [-0.05, 0) is 24.0 Å². The number of nitro groups is 1. The fourth-order valence-corrected chi connectivity index (χ4v) is 2.18. The highest BCUT2D eigenvalue weighted by atomic mass is 32.2. The van der Waals surface area contributed by atoms with Crippen molar-refractivity contribution < 1.29 is 17.5 Å². The zero-order valence-electron chi connectivity index (χ0n) is 10.3. The highest BCUT2D eigenvalue weighted by molar-refractivity contribution is 7.86. The van der Waals surface area contributed by atoms with Crippen LogP contribution < -0.4 is 0 Å². The quantitative estimate of drug-likeness (QED) is 0.456. The lowest BCUT2D eigenvalue weighted by molar-refractivity contribution is -0.394. The van der Waals surface area contributed by atoms with E-state index in [4.69, 9.17) is 4.18 Å². The van der Waals surface area contributed by atoms with Crippen molar-refractivity contribution in [2.75, 3.05) is 0 Å². The van der Waals surface area contributed by atoms with Gasteiger partial charge in [0.25, 0.3) is 10.1 Å². The number of aryl methyl sites for hydroxylation is 1. The topological polar surface area (TPSA) is 117 Å². The summed E-state index contributed by atoms with van der Waals surface area (Å²) in [6.45, 7) is 1.34. The maximum absolute atomic E-state index is 11.8. The molecule has 0 bridgehead atoms. The molecule has 0 unspecified atom stereocenters. The van der Waals surface area contributed by atoms with Crippen molar-refractivity contribution in [1.29, 1.82) is 0 Å². The van der Waals surface area contributed by atoms with E-state index in [9.17, 15) is 18.5 Å². The Balaban J connectivity index is 2.08. The molecule has 0 spiro atoms. The summed E-state index contributed by atoms with van der Waals surface area (Å²) in [5.74, 6) is -0.624. The molecule has 0 saturated carbocycles. The maximum atomic E-state index is 11.8. The van der Waals surface area contributed by atoms with Gasteiger partial charge in [-0.3, -0.25) is 0 Å². The molecule has 9 nitrogen and oxygen atoms in total. The number of benzene rings is 1. The van der Waals surface area contributed by atoms with Crippen LogP contribution in [0.3, 0.4) is 0 Å². The number of hydrogen-bond donors (Lipinski definition) is 0. The molecule has 1 heterocycles. The predicted octanol–water partition coefficient (Wildman–Crippen LogP) is 0.858. The van der Waals surface area contributed by atoms with Crippen LogP contribution in [0.1, 0.15) is 5.56 Å². The highest BCUT2D eigenvalue weighted by Gasteiger charge is 2.18. The average molecular weight is 298 g/mol. The Labute approximate surface area is 114 Å². The van der Waals surface area contributed by atoms with Gasteiger partial charge in [-0.2, -0.15) is 8.42 Å². The van der Waals surface area contributed by atoms with Gasteiger partial charge in [-0.1, -0.05) is 22.7 Å². The molecule has 20 heavy (non-hydrogen) atoms. The Morgan fingerprint density at radius 2 is 2.00 bits per heavy atom. The molecule has 1 aromatic heterocycles. The first-order valence-corrected chi connectivity index (χ1v) is 6.79. The molecule has 0 N–H and O–H groups in total. The first-order valence-electron chi connectivity index (χ1n) is 5.38. The molecule has 2 rings (SSSR count). The lowest BCUT2D eigenvalue weighted by atomic mass is 10.2. The summed E-state index contributed by atoms with van der Waals surface area (Å²) in [7, 11) is -3.94. The van der Waals surface area contributed by atoms with Gasteiger partial charge in [0.1, 0.15) is 0 Å². The van der Waals surface area contributed by atoms with Crippen LogP contribution in [0.2, 0.25) is 0 Å². The molecular formula is C10H10N4O5S. The van der Waals surface area contributed by atoms with Gasteiger partial charge in [-0.15, -0.1) is 4.68 Å². The van der Waals surface area contributed by atoms with E-state index in [1.54, 1.807) is 12.1 Å². The molecule has 0 aliphatic rings. The Hall–Kier alpha value is -2.33. The molecule has 0 radical (unpaired) electrons. The second-order valence-electron chi connectivity index (χ2n) is 3.86. The van der Waals surface area contributed by atoms with Crippen LogP contribution in [-0.2, 0) is 21.0 Å². The van der Waals surface area contributed by atoms with E-state index in [1.165, 1.54) is 12.1 Å². The SMILES string of the molecule is Cc1ccc(S(=O)(=O)OCn2cnc([N+](=O)[O-])n2)cc1. The molecular weight excluding hydrogens is 288 g/mol. The Morgan fingerprint density at radius 1 is 1.35 bits per heavy atom. The average Bonchev–Trinajstić information content (AvgIpc) is 2.86. The van der Waals surface area contributed by atoms with E-state index in [2.05, 4.69) is 10.1 Å². The molecule has 10 heteroatoms. The lowest BCUT2D eigenvalue weighted by Crippen LogP contribution is -2.11. The van der Waals surface area contributed by atoms with Crippen LogP contribution in [-0.4, -0.2) is 28.1 Å². The molecule has 0 aliphatic carbocycles. The summed E-state index contributed by atoms with van der Waals surface area (Å²) in [6.07, 6.45) is 1.02. The van der Waals surface area contributed by atoms with Gasteiger partial charge in [0.15, 0.2) is 6.73 Å². The normalized spacial score (nSPS) is 11.4. The molecule has 1 aromatic carbocycles. The Morgan fingerprint density at radius 3 is 2.55 bits per heavy atom. The van der Waals surface area contributed by atoms with Crippen molar-refractivity contribution in [1.82, 2.24) is 14.8 Å². The van der Waals surface area contributed by atoms with E-state index in [0.29, 0.717) is 0 Å². The van der Waals surface area contributed by atoms with Crippen LogP contribution in [0.25, 0.3) is 0 Å². The molecule has 0 amide bonds. The second kappa shape index (κ2) is 5.35. The molecule has 2 aromatic rings. The van der Waals surface area contributed by atoms with Crippen LogP contribution >= 0.6 is 0 Å². The number of hydrogen-bond acceptors (Lipinski definition) is 7. The minimum atomic E-state index is -3.94. The number of aromatic nitrogens is 3. The summed E-state index contributed by atoms with van der Waals surface area (Å²) in [4.78, 5) is 13.0. The predicted molar refractivity (Wildman–Crippen MR) is 66.1 cm³/mol. The summed E-state index contributed by atoms with van der Waals surface area (Å²) in [5, 5.41) is 13.8. The van der Waals surface area contributed by atoms with Gasteiger partial charge < -0.3 is 10.1 Å². The van der Waals surface area contributed by atoms with Gasteiger partial charge in [0.2, 0.25) is 6.33 Å². The summed E-state index contributed by atoms with van der Waals surface area (Å²) >= 11 is 0. The van der Waals surface area contributed by atoms with E-state index in [1.807, 2.05) is 6.92 Å². The second-order valence-corrected chi connectivity index (χ2v) is 5.47. The lowest BCUT2D eigenvalue weighted by Gasteiger charge is -2.04. The third-order valence-electron chi connectivity index (χ3n) is 2.34. The smallest absolute Gasteiger partial charge is 0.390 e. The highest BCUT2D eigenvalue weighted by Crippen LogP contribution is 2.13. The first-order chi connectivity index (χ1) is 9.38. The number of nitrogens with zero attached hydrogens (tertiary/aromatic N) is 4. The van der Waals surface area contributed by atoms with Crippen LogP contribution in [0.5, 0.6) is 0 Å². The molecule has 0 aliphatic heterocycles. The van der Waals surface area contributed by atoms with E-state index < -0.39 is 27.7 Å². The maximum Gasteiger partial charge on any atom is 0.491 e. The minimum absolute atomic E-state index is 0.00212. The third kappa shape index (κ3) is 3.16. The Kier molecular flexibility index (Phi) is 3.77. The monoisotopic (exact) mass is 298 g/mol. The zero-order valence-corrected chi connectivity index (χ0v) is 11.1. The molecule has 0 fully saturated rings. The van der Waals surface area contributed by atoms with Crippen molar-refractivity contribution in [3.63, 3.8) is 0 Å². The van der Waals surface area contributed by atoms with Crippen molar-refractivity contribution in [2.45, 2.75) is 18.6 Å². The summed E-state index contributed by atoms with van der Waals surface area (Å²) < 4.78 is 29.3. The van der Waals surface area contributed by atoms with Gasteiger partial charge in [0, 0.05) is 5.10 Å². The number of rotatable bonds is 5. The molecule has 0 saturated heterocycles. The summed E-state index contributed by atoms with van der Waals surface area (Å²) in [5.41, 5.74) is 0.913. The fraction of sp³-hybridized carbons (Fsp3) is 0.200. The van der Waals surface area contributed by atoms with Crippen molar-refractivity contribution in [3.05, 3.63) is 46.3 Å². The minimum Gasteiger partial charge on any atom is -0.390 e. The standard InChI is InChI=1S/C10H10N4O5S/c1-8-2-4-9(5-3-8)20(17,18)19-7-13-6-11-10(12-13)14(15)16/h2-6H,7H2,1H3. The van der Waals surface area contributed by atoms with Crippen LogP contribution in [0.15, 0.2) is 35.5 Å². The van der Waals surface area contributed by atoms with Gasteiger partial charge >= 0.3 is 5.95 Å². The van der Waals surface area contributed by atoms with Crippen molar-refractivity contribution in [3.8, 4) is 0 Å². The molecule has 0 atom stereocenters. The van der Waals surface area contributed by atoms with Crippen molar-refractivity contribution in [2.24, 2.45) is 0 Å². The van der Waals surface area contributed by atoms with E-state index in [0.717, 1.165) is 16.6 Å². The third-order valence-corrected chi connectivity index (χ3v) is 3.60. The first kappa shape index (κ1) is 14.1. The van der Waals surface area contributed by atoms with E-state index >= 15 is 0 Å². The summed E-state index contributed by atoms with van der Waals surface area (Å²) in [6, 6.07) is 6.09. The fourth-order valence-electron chi connectivity index (χ4n) is 1.33. The largest absolute Gasteiger partial charge is 0.491 e. The van der Waals surface area contributed by atoms with Crippen LogP contribution in [0.4, 0.5) is 5.95 Å². The van der Waals surface area contributed by atoms with Gasteiger partial charge in [-0.25, -0.2) is 4.18 Å². The molecule has 106 valence electrons.